The summed E-state index contributed by atoms with van der Waals surface area (Å²) in [6.45, 7) is 1.68. The molecule has 2 aromatic rings. The SMILES string of the molecule is CC(=O)N/C(=C/c1cccc(OCc2ccccc2)c1)C(=O)O. The summed E-state index contributed by atoms with van der Waals surface area (Å²) in [5.41, 5.74) is 1.48. The lowest BCUT2D eigenvalue weighted by molar-refractivity contribution is -0.134. The van der Waals surface area contributed by atoms with Crippen molar-refractivity contribution in [2.75, 3.05) is 0 Å². The monoisotopic (exact) mass is 311 g/mol. The lowest BCUT2D eigenvalue weighted by Gasteiger charge is -2.08. The number of amides is 1. The summed E-state index contributed by atoms with van der Waals surface area (Å²) in [6.07, 6.45) is 1.39. The molecule has 0 aliphatic heterocycles. The summed E-state index contributed by atoms with van der Waals surface area (Å²) >= 11 is 0. The van der Waals surface area contributed by atoms with E-state index in [4.69, 9.17) is 9.84 Å². The predicted octanol–water partition coefficient (Wildman–Crippen LogP) is 2.83. The second-order valence-corrected chi connectivity index (χ2v) is 4.89. The van der Waals surface area contributed by atoms with Gasteiger partial charge in [0.05, 0.1) is 0 Å². The first-order chi connectivity index (χ1) is 11.0. The molecular formula is C18H17NO4. The zero-order valence-corrected chi connectivity index (χ0v) is 12.7. The van der Waals surface area contributed by atoms with Crippen LogP contribution in [0.1, 0.15) is 18.1 Å². The zero-order valence-electron chi connectivity index (χ0n) is 12.7. The quantitative estimate of drug-likeness (QED) is 0.804. The van der Waals surface area contributed by atoms with Crippen LogP contribution in [0.2, 0.25) is 0 Å². The van der Waals surface area contributed by atoms with Gasteiger partial charge in [0, 0.05) is 6.92 Å². The number of carboxylic acids is 1. The molecule has 0 atom stereocenters. The van der Waals surface area contributed by atoms with E-state index < -0.39 is 11.9 Å². The molecule has 0 fully saturated rings. The third-order valence-electron chi connectivity index (χ3n) is 2.96. The summed E-state index contributed by atoms with van der Waals surface area (Å²) in [5, 5.41) is 11.4. The van der Waals surface area contributed by atoms with E-state index in [2.05, 4.69) is 5.32 Å². The van der Waals surface area contributed by atoms with Crippen molar-refractivity contribution in [1.82, 2.24) is 5.32 Å². The number of rotatable bonds is 6. The molecule has 0 aromatic heterocycles. The first-order valence-electron chi connectivity index (χ1n) is 7.04. The number of carboxylic acid groups (broad SMARTS) is 1. The van der Waals surface area contributed by atoms with E-state index in [1.807, 2.05) is 30.3 Å². The van der Waals surface area contributed by atoms with Gasteiger partial charge in [-0.25, -0.2) is 4.79 Å². The van der Waals surface area contributed by atoms with Crippen molar-refractivity contribution in [3.63, 3.8) is 0 Å². The molecule has 23 heavy (non-hydrogen) atoms. The largest absolute Gasteiger partial charge is 0.489 e. The highest BCUT2D eigenvalue weighted by molar-refractivity contribution is 5.96. The third-order valence-corrected chi connectivity index (χ3v) is 2.96. The molecular weight excluding hydrogens is 294 g/mol. The van der Waals surface area contributed by atoms with Crippen LogP contribution in [0.4, 0.5) is 0 Å². The average molecular weight is 311 g/mol. The fraction of sp³-hybridized carbons (Fsp3) is 0.111. The van der Waals surface area contributed by atoms with Gasteiger partial charge in [0.25, 0.3) is 0 Å². The Hall–Kier alpha value is -3.08. The van der Waals surface area contributed by atoms with Gasteiger partial charge < -0.3 is 15.2 Å². The minimum absolute atomic E-state index is 0.183. The highest BCUT2D eigenvalue weighted by Gasteiger charge is 2.09. The number of carbonyl (C=O) groups excluding carboxylic acids is 1. The van der Waals surface area contributed by atoms with Crippen LogP contribution >= 0.6 is 0 Å². The Bertz CT molecular complexity index is 723. The second-order valence-electron chi connectivity index (χ2n) is 4.89. The lowest BCUT2D eigenvalue weighted by Crippen LogP contribution is -2.24. The molecule has 2 rings (SSSR count). The molecule has 2 N–H and O–H groups in total. The molecule has 0 aliphatic rings. The Labute approximate surface area is 134 Å². The summed E-state index contributed by atoms with van der Waals surface area (Å²) in [6, 6.07) is 16.7. The molecule has 0 saturated carbocycles. The summed E-state index contributed by atoms with van der Waals surface area (Å²) in [7, 11) is 0. The smallest absolute Gasteiger partial charge is 0.352 e. The van der Waals surface area contributed by atoms with Crippen LogP contribution in [-0.4, -0.2) is 17.0 Å². The Morgan fingerprint density at radius 1 is 1.13 bits per heavy atom. The number of hydrogen-bond donors (Lipinski definition) is 2. The number of ether oxygens (including phenoxy) is 1. The minimum Gasteiger partial charge on any atom is -0.489 e. The minimum atomic E-state index is -1.20. The van der Waals surface area contributed by atoms with Gasteiger partial charge in [-0.05, 0) is 29.3 Å². The van der Waals surface area contributed by atoms with Crippen LogP contribution in [0.3, 0.4) is 0 Å². The Kier molecular flexibility index (Phi) is 5.52. The van der Waals surface area contributed by atoms with Gasteiger partial charge >= 0.3 is 5.97 Å². The van der Waals surface area contributed by atoms with Crippen molar-refractivity contribution in [2.24, 2.45) is 0 Å². The van der Waals surface area contributed by atoms with E-state index in [1.54, 1.807) is 24.3 Å². The van der Waals surface area contributed by atoms with Crippen molar-refractivity contribution >= 4 is 18.0 Å². The molecule has 5 heteroatoms. The molecule has 118 valence electrons. The van der Waals surface area contributed by atoms with Crippen molar-refractivity contribution in [3.8, 4) is 5.75 Å². The van der Waals surface area contributed by atoms with Gasteiger partial charge in [0.1, 0.15) is 18.1 Å². The molecule has 1 amide bonds. The molecule has 0 bridgehead atoms. The first-order valence-corrected chi connectivity index (χ1v) is 7.04. The first kappa shape index (κ1) is 16.3. The summed E-state index contributed by atoms with van der Waals surface area (Å²) in [4.78, 5) is 22.2. The van der Waals surface area contributed by atoms with Gasteiger partial charge in [0.15, 0.2) is 0 Å². The summed E-state index contributed by atoms with van der Waals surface area (Å²) in [5.74, 6) is -1.01. The van der Waals surface area contributed by atoms with E-state index in [9.17, 15) is 9.59 Å². The molecule has 0 radical (unpaired) electrons. The van der Waals surface area contributed by atoms with Crippen LogP contribution < -0.4 is 10.1 Å². The standard InChI is InChI=1S/C18H17NO4/c1-13(20)19-17(18(21)22)11-15-8-5-9-16(10-15)23-12-14-6-3-2-4-7-14/h2-11H,12H2,1H3,(H,19,20)(H,21,22)/b17-11+. The lowest BCUT2D eigenvalue weighted by atomic mass is 10.1. The molecule has 0 spiro atoms. The Balaban J connectivity index is 2.12. The maximum atomic E-state index is 11.1. The number of benzene rings is 2. The van der Waals surface area contributed by atoms with Crippen LogP contribution in [-0.2, 0) is 16.2 Å². The highest BCUT2D eigenvalue weighted by Crippen LogP contribution is 2.17. The van der Waals surface area contributed by atoms with E-state index in [0.29, 0.717) is 17.9 Å². The second kappa shape index (κ2) is 7.79. The Morgan fingerprint density at radius 2 is 1.87 bits per heavy atom. The number of nitrogens with one attached hydrogen (secondary N) is 1. The van der Waals surface area contributed by atoms with E-state index in [-0.39, 0.29) is 5.70 Å². The van der Waals surface area contributed by atoms with Crippen molar-refractivity contribution in [2.45, 2.75) is 13.5 Å². The third kappa shape index (κ3) is 5.32. The number of hydrogen-bond acceptors (Lipinski definition) is 3. The van der Waals surface area contributed by atoms with Crippen molar-refractivity contribution in [1.29, 1.82) is 0 Å². The highest BCUT2D eigenvalue weighted by atomic mass is 16.5. The normalized spacial score (nSPS) is 10.9. The maximum absolute atomic E-state index is 11.1. The van der Waals surface area contributed by atoms with Gasteiger partial charge in [0.2, 0.25) is 5.91 Å². The zero-order chi connectivity index (χ0) is 16.7. The fourth-order valence-corrected chi connectivity index (χ4v) is 1.94. The van der Waals surface area contributed by atoms with Gasteiger partial charge in [-0.1, -0.05) is 42.5 Å². The predicted molar refractivity (Wildman–Crippen MR) is 86.6 cm³/mol. The average Bonchev–Trinajstić information content (AvgIpc) is 2.53. The Morgan fingerprint density at radius 3 is 2.52 bits per heavy atom. The molecule has 2 aromatic carbocycles. The molecule has 0 unspecified atom stereocenters. The fourth-order valence-electron chi connectivity index (χ4n) is 1.94. The van der Waals surface area contributed by atoms with Crippen LogP contribution in [0.25, 0.3) is 6.08 Å². The van der Waals surface area contributed by atoms with E-state index >= 15 is 0 Å². The molecule has 0 aliphatic carbocycles. The van der Waals surface area contributed by atoms with Crippen LogP contribution in [0.5, 0.6) is 5.75 Å². The number of carbonyl (C=O) groups is 2. The van der Waals surface area contributed by atoms with Gasteiger partial charge in [-0.3, -0.25) is 4.79 Å². The summed E-state index contributed by atoms with van der Waals surface area (Å²) < 4.78 is 5.69. The maximum Gasteiger partial charge on any atom is 0.352 e. The molecule has 0 saturated heterocycles. The van der Waals surface area contributed by atoms with Crippen LogP contribution in [0.15, 0.2) is 60.3 Å². The van der Waals surface area contributed by atoms with E-state index in [1.165, 1.54) is 13.0 Å². The van der Waals surface area contributed by atoms with Crippen LogP contribution in [0, 0.1) is 0 Å². The molecule has 5 nitrogen and oxygen atoms in total. The molecule has 0 heterocycles. The van der Waals surface area contributed by atoms with Crippen molar-refractivity contribution in [3.05, 3.63) is 71.4 Å². The van der Waals surface area contributed by atoms with Gasteiger partial charge in [-0.15, -0.1) is 0 Å². The number of aliphatic carboxylic acids is 1. The van der Waals surface area contributed by atoms with E-state index in [0.717, 1.165) is 5.56 Å². The van der Waals surface area contributed by atoms with Gasteiger partial charge in [-0.2, -0.15) is 0 Å². The van der Waals surface area contributed by atoms with Crippen molar-refractivity contribution < 1.29 is 19.4 Å². The topological polar surface area (TPSA) is 75.6 Å².